The molecule has 0 amide bonds. The number of nitro groups is 1. The van der Waals surface area contributed by atoms with Gasteiger partial charge in [0.25, 0.3) is 0 Å². The van der Waals surface area contributed by atoms with E-state index in [-0.39, 0.29) is 11.4 Å². The molecule has 19 heavy (non-hydrogen) atoms. The summed E-state index contributed by atoms with van der Waals surface area (Å²) in [6, 6.07) is 4.27. The molecule has 0 aliphatic carbocycles. The quantitative estimate of drug-likeness (QED) is 0.464. The van der Waals surface area contributed by atoms with Crippen LogP contribution in [0.3, 0.4) is 0 Å². The molecular formula is C12H12ClN3O3. The van der Waals surface area contributed by atoms with E-state index in [9.17, 15) is 10.1 Å². The number of halogens is 1. The summed E-state index contributed by atoms with van der Waals surface area (Å²) in [5.41, 5.74) is -0.0768. The summed E-state index contributed by atoms with van der Waals surface area (Å²) in [6.07, 6.45) is 5.98. The van der Waals surface area contributed by atoms with Gasteiger partial charge in [-0.3, -0.25) is 10.1 Å². The Morgan fingerprint density at radius 3 is 3.00 bits per heavy atom. The van der Waals surface area contributed by atoms with Crippen LogP contribution in [0.5, 0.6) is 5.75 Å². The first-order valence-corrected chi connectivity index (χ1v) is 6.07. The minimum atomic E-state index is -0.485. The Balaban J connectivity index is 1.91. The number of ether oxygens (including phenoxy) is 1. The standard InChI is InChI=1S/C12H12ClN3O3/c13-10-2-3-11(16(17)18)12(8-10)19-7-1-5-15-6-4-14-9-15/h2-4,6,8-9H,1,5,7H2. The number of nitro benzene ring substituents is 1. The Morgan fingerprint density at radius 2 is 2.32 bits per heavy atom. The number of aromatic nitrogens is 2. The first-order chi connectivity index (χ1) is 9.16. The van der Waals surface area contributed by atoms with Crippen molar-refractivity contribution in [1.29, 1.82) is 0 Å². The van der Waals surface area contributed by atoms with Crippen molar-refractivity contribution in [3.05, 3.63) is 52.1 Å². The normalized spacial score (nSPS) is 10.4. The first-order valence-electron chi connectivity index (χ1n) is 5.69. The molecule has 7 heteroatoms. The summed E-state index contributed by atoms with van der Waals surface area (Å²) in [7, 11) is 0. The third kappa shape index (κ3) is 3.69. The van der Waals surface area contributed by atoms with Gasteiger partial charge in [-0.1, -0.05) is 11.6 Å². The first kappa shape index (κ1) is 13.4. The minimum Gasteiger partial charge on any atom is -0.487 e. The van der Waals surface area contributed by atoms with E-state index in [1.165, 1.54) is 18.2 Å². The summed E-state index contributed by atoms with van der Waals surface area (Å²) in [5.74, 6) is 0.197. The van der Waals surface area contributed by atoms with E-state index in [4.69, 9.17) is 16.3 Å². The topological polar surface area (TPSA) is 70.2 Å². The van der Waals surface area contributed by atoms with Gasteiger partial charge in [-0.15, -0.1) is 0 Å². The fourth-order valence-corrected chi connectivity index (χ4v) is 1.76. The van der Waals surface area contributed by atoms with Crippen LogP contribution in [0.4, 0.5) is 5.69 Å². The predicted molar refractivity (Wildman–Crippen MR) is 70.4 cm³/mol. The highest BCUT2D eigenvalue weighted by Gasteiger charge is 2.14. The Morgan fingerprint density at radius 1 is 1.47 bits per heavy atom. The maximum absolute atomic E-state index is 10.8. The molecule has 0 saturated heterocycles. The molecule has 2 rings (SSSR count). The molecule has 0 N–H and O–H groups in total. The molecule has 0 saturated carbocycles. The third-order valence-electron chi connectivity index (χ3n) is 2.50. The second-order valence-electron chi connectivity index (χ2n) is 3.87. The van der Waals surface area contributed by atoms with Crippen LogP contribution < -0.4 is 4.74 Å². The van der Waals surface area contributed by atoms with Crippen molar-refractivity contribution >= 4 is 17.3 Å². The van der Waals surface area contributed by atoms with Gasteiger partial charge in [0.1, 0.15) is 0 Å². The maximum Gasteiger partial charge on any atom is 0.311 e. The van der Waals surface area contributed by atoms with E-state index < -0.39 is 4.92 Å². The van der Waals surface area contributed by atoms with E-state index in [0.717, 1.165) is 13.0 Å². The predicted octanol–water partition coefficient (Wildman–Crippen LogP) is 2.91. The highest BCUT2D eigenvalue weighted by atomic mass is 35.5. The Labute approximate surface area is 114 Å². The fraction of sp³-hybridized carbons (Fsp3) is 0.250. The van der Waals surface area contributed by atoms with E-state index in [1.54, 1.807) is 12.5 Å². The minimum absolute atomic E-state index is 0.0768. The molecule has 0 bridgehead atoms. The van der Waals surface area contributed by atoms with E-state index in [1.807, 2.05) is 10.8 Å². The van der Waals surface area contributed by atoms with Gasteiger partial charge in [0, 0.05) is 36.1 Å². The van der Waals surface area contributed by atoms with E-state index in [2.05, 4.69) is 4.98 Å². The highest BCUT2D eigenvalue weighted by molar-refractivity contribution is 6.30. The number of aryl methyl sites for hydroxylation is 1. The Hall–Kier alpha value is -2.08. The van der Waals surface area contributed by atoms with Gasteiger partial charge in [0.15, 0.2) is 5.75 Å². The molecular weight excluding hydrogens is 270 g/mol. The maximum atomic E-state index is 10.8. The molecule has 6 nitrogen and oxygen atoms in total. The summed E-state index contributed by atoms with van der Waals surface area (Å²) < 4.78 is 7.33. The second kappa shape index (κ2) is 6.19. The number of rotatable bonds is 6. The van der Waals surface area contributed by atoms with Crippen LogP contribution in [0, 0.1) is 10.1 Å². The van der Waals surface area contributed by atoms with Crippen LogP contribution in [0.2, 0.25) is 5.02 Å². The van der Waals surface area contributed by atoms with Crippen LogP contribution in [-0.4, -0.2) is 21.1 Å². The summed E-state index contributed by atoms with van der Waals surface area (Å²) in [4.78, 5) is 14.3. The number of hydrogen-bond acceptors (Lipinski definition) is 4. The zero-order valence-corrected chi connectivity index (χ0v) is 10.8. The smallest absolute Gasteiger partial charge is 0.311 e. The SMILES string of the molecule is O=[N+]([O-])c1ccc(Cl)cc1OCCCn1ccnc1. The van der Waals surface area contributed by atoms with E-state index in [0.29, 0.717) is 11.6 Å². The highest BCUT2D eigenvalue weighted by Crippen LogP contribution is 2.29. The van der Waals surface area contributed by atoms with Crippen molar-refractivity contribution in [2.45, 2.75) is 13.0 Å². The molecule has 0 atom stereocenters. The number of nitrogens with zero attached hydrogens (tertiary/aromatic N) is 3. The van der Waals surface area contributed by atoms with Gasteiger partial charge in [0.05, 0.1) is 17.9 Å². The van der Waals surface area contributed by atoms with Crippen LogP contribution in [0.25, 0.3) is 0 Å². The lowest BCUT2D eigenvalue weighted by Gasteiger charge is -2.07. The summed E-state index contributed by atoms with van der Waals surface area (Å²) >= 11 is 5.80. The Bertz CT molecular complexity index is 557. The fourth-order valence-electron chi connectivity index (χ4n) is 1.60. The molecule has 1 aromatic heterocycles. The van der Waals surface area contributed by atoms with Crippen molar-refractivity contribution in [2.75, 3.05) is 6.61 Å². The Kier molecular flexibility index (Phi) is 4.35. The number of imidazole rings is 1. The third-order valence-corrected chi connectivity index (χ3v) is 2.73. The zero-order valence-electron chi connectivity index (χ0n) is 10.0. The molecule has 0 aliphatic heterocycles. The number of hydrogen-bond donors (Lipinski definition) is 0. The molecule has 0 fully saturated rings. The van der Waals surface area contributed by atoms with Gasteiger partial charge < -0.3 is 9.30 Å². The van der Waals surface area contributed by atoms with Crippen molar-refractivity contribution in [3.63, 3.8) is 0 Å². The zero-order chi connectivity index (χ0) is 13.7. The van der Waals surface area contributed by atoms with Crippen molar-refractivity contribution in [2.24, 2.45) is 0 Å². The second-order valence-corrected chi connectivity index (χ2v) is 4.31. The van der Waals surface area contributed by atoms with Crippen molar-refractivity contribution in [1.82, 2.24) is 9.55 Å². The molecule has 0 aliphatic rings. The lowest BCUT2D eigenvalue weighted by molar-refractivity contribution is -0.385. The number of benzene rings is 1. The van der Waals surface area contributed by atoms with Gasteiger partial charge in [-0.2, -0.15) is 0 Å². The molecule has 1 heterocycles. The van der Waals surface area contributed by atoms with Gasteiger partial charge >= 0.3 is 5.69 Å². The average molecular weight is 282 g/mol. The summed E-state index contributed by atoms with van der Waals surface area (Å²) in [6.45, 7) is 1.12. The lowest BCUT2D eigenvalue weighted by Crippen LogP contribution is -2.04. The lowest BCUT2D eigenvalue weighted by atomic mass is 10.3. The molecule has 0 spiro atoms. The van der Waals surface area contributed by atoms with Crippen molar-refractivity contribution in [3.8, 4) is 5.75 Å². The molecule has 1 aromatic carbocycles. The molecule has 0 unspecified atom stereocenters. The summed E-state index contributed by atoms with van der Waals surface area (Å²) in [5, 5.41) is 11.2. The molecule has 0 radical (unpaired) electrons. The average Bonchev–Trinajstić information content (AvgIpc) is 2.87. The van der Waals surface area contributed by atoms with E-state index >= 15 is 0 Å². The van der Waals surface area contributed by atoms with Gasteiger partial charge in [-0.05, 0) is 12.5 Å². The van der Waals surface area contributed by atoms with Crippen molar-refractivity contribution < 1.29 is 9.66 Å². The largest absolute Gasteiger partial charge is 0.487 e. The molecule has 100 valence electrons. The monoisotopic (exact) mass is 281 g/mol. The van der Waals surface area contributed by atoms with Gasteiger partial charge in [0.2, 0.25) is 0 Å². The van der Waals surface area contributed by atoms with Crippen LogP contribution in [-0.2, 0) is 6.54 Å². The molecule has 2 aromatic rings. The van der Waals surface area contributed by atoms with Crippen LogP contribution >= 0.6 is 11.6 Å². The van der Waals surface area contributed by atoms with Gasteiger partial charge in [-0.25, -0.2) is 4.98 Å². The van der Waals surface area contributed by atoms with Crippen LogP contribution in [0.15, 0.2) is 36.9 Å². The van der Waals surface area contributed by atoms with Crippen LogP contribution in [0.1, 0.15) is 6.42 Å².